The van der Waals surface area contributed by atoms with Crippen molar-refractivity contribution in [2.24, 2.45) is 12.1 Å². The van der Waals surface area contributed by atoms with Crippen LogP contribution in [0.5, 0.6) is 5.75 Å². The average molecular weight is 522 g/mol. The van der Waals surface area contributed by atoms with Crippen molar-refractivity contribution in [2.45, 2.75) is 31.3 Å². The summed E-state index contributed by atoms with van der Waals surface area (Å²) in [5.74, 6) is 1.39. The van der Waals surface area contributed by atoms with Gasteiger partial charge in [-0.15, -0.1) is 0 Å². The summed E-state index contributed by atoms with van der Waals surface area (Å²) in [6.07, 6.45) is 1.86. The van der Waals surface area contributed by atoms with E-state index >= 15 is 0 Å². The van der Waals surface area contributed by atoms with Gasteiger partial charge in [0.05, 0.1) is 41.8 Å². The Morgan fingerprint density at radius 1 is 1.18 bits per heavy atom. The van der Waals surface area contributed by atoms with Gasteiger partial charge in [0.2, 0.25) is 0 Å². The monoisotopic (exact) mass is 521 g/mol. The van der Waals surface area contributed by atoms with E-state index in [9.17, 15) is 8.42 Å². The molecule has 0 bridgehead atoms. The molecule has 34 heavy (non-hydrogen) atoms. The summed E-state index contributed by atoms with van der Waals surface area (Å²) in [5, 5.41) is 7.62. The van der Waals surface area contributed by atoms with E-state index in [2.05, 4.69) is 9.71 Å². The van der Waals surface area contributed by atoms with E-state index in [1.54, 1.807) is 32.2 Å². The van der Waals surface area contributed by atoms with Gasteiger partial charge in [-0.2, -0.15) is 5.10 Å². The Hall–Kier alpha value is -2.59. The van der Waals surface area contributed by atoms with Crippen molar-refractivity contribution < 1.29 is 13.2 Å². The number of benzene rings is 2. The minimum absolute atomic E-state index is 0.0573. The number of hydrogen-bond donors (Lipinski definition) is 1. The third-order valence-corrected chi connectivity index (χ3v) is 7.62. The highest BCUT2D eigenvalue weighted by Crippen LogP contribution is 2.40. The lowest BCUT2D eigenvalue weighted by Crippen LogP contribution is -2.30. The maximum atomic E-state index is 12.8. The Bertz CT molecular complexity index is 1320. The molecule has 0 saturated carbocycles. The molecule has 1 unspecified atom stereocenters. The fourth-order valence-corrected chi connectivity index (χ4v) is 5.45. The van der Waals surface area contributed by atoms with Crippen molar-refractivity contribution >= 4 is 44.6 Å². The highest BCUT2D eigenvalue weighted by Gasteiger charge is 2.31. The molecular formula is C23H25Cl2N5O3S. The number of nitrogens with one attached hydrogen (secondary N) is 1. The van der Waals surface area contributed by atoms with Crippen LogP contribution in [0.25, 0.3) is 0 Å². The van der Waals surface area contributed by atoms with E-state index < -0.39 is 10.0 Å². The highest BCUT2D eigenvalue weighted by atomic mass is 35.5. The number of ether oxygens (including phenoxy) is 1. The Kier molecular flexibility index (Phi) is 7.18. The Labute approximate surface area is 209 Å². The quantitative estimate of drug-likeness (QED) is 0.463. The van der Waals surface area contributed by atoms with Crippen LogP contribution < -0.4 is 14.5 Å². The summed E-state index contributed by atoms with van der Waals surface area (Å²) in [7, 11) is -2.09. The molecule has 8 nitrogen and oxygen atoms in total. The predicted molar refractivity (Wildman–Crippen MR) is 134 cm³/mol. The molecule has 2 aromatic carbocycles. The minimum atomic E-state index is -3.76. The molecule has 0 aliphatic carbocycles. The van der Waals surface area contributed by atoms with Gasteiger partial charge in [-0.3, -0.25) is 5.01 Å². The van der Waals surface area contributed by atoms with Gasteiger partial charge in [0.25, 0.3) is 10.0 Å². The molecule has 0 spiro atoms. The molecule has 0 fully saturated rings. The molecule has 1 aromatic heterocycles. The zero-order valence-electron chi connectivity index (χ0n) is 19.0. The van der Waals surface area contributed by atoms with E-state index in [0.29, 0.717) is 40.3 Å². The topological polar surface area (TPSA) is 88.8 Å². The van der Waals surface area contributed by atoms with Gasteiger partial charge in [0.1, 0.15) is 11.6 Å². The first-order valence-electron chi connectivity index (χ1n) is 10.7. The van der Waals surface area contributed by atoms with Gasteiger partial charge in [-0.1, -0.05) is 35.3 Å². The van der Waals surface area contributed by atoms with Crippen LogP contribution in [0.1, 0.15) is 30.8 Å². The average Bonchev–Trinajstić information content (AvgIpc) is 3.37. The number of halogens is 2. The molecular weight excluding hydrogens is 497 g/mol. The molecule has 2 heterocycles. The maximum Gasteiger partial charge on any atom is 0.258 e. The molecule has 3 aromatic rings. The number of aromatic nitrogens is 2. The molecule has 1 aliphatic heterocycles. The van der Waals surface area contributed by atoms with Crippen molar-refractivity contribution in [1.29, 1.82) is 0 Å². The van der Waals surface area contributed by atoms with Crippen LogP contribution >= 0.6 is 23.2 Å². The number of hydrogen-bond acceptors (Lipinski definition) is 6. The molecule has 1 N–H and O–H groups in total. The number of nitrogens with zero attached hydrogens (tertiary/aromatic N) is 4. The summed E-state index contributed by atoms with van der Waals surface area (Å²) in [6, 6.07) is 12.8. The molecule has 1 aliphatic rings. The molecule has 0 saturated heterocycles. The lowest BCUT2D eigenvalue weighted by atomic mass is 10.0. The van der Waals surface area contributed by atoms with E-state index in [1.807, 2.05) is 36.2 Å². The second kappa shape index (κ2) is 9.95. The third-order valence-electron chi connectivity index (χ3n) is 5.63. The van der Waals surface area contributed by atoms with Crippen LogP contribution in [-0.4, -0.2) is 36.8 Å². The predicted octanol–water partition coefficient (Wildman–Crippen LogP) is 4.72. The van der Waals surface area contributed by atoms with Crippen LogP contribution in [0.15, 0.2) is 58.8 Å². The SMILES string of the molecule is CCOc1ccc(C2CC(CNS(=O)(=O)c3cnc(C)n3C)=NN2c2ccc(Cl)cc2Cl)cc1. The van der Waals surface area contributed by atoms with Gasteiger partial charge < -0.3 is 9.30 Å². The Morgan fingerprint density at radius 3 is 2.53 bits per heavy atom. The van der Waals surface area contributed by atoms with Crippen LogP contribution in [-0.2, 0) is 17.1 Å². The first kappa shape index (κ1) is 24.5. The van der Waals surface area contributed by atoms with Crippen molar-refractivity contribution in [1.82, 2.24) is 14.3 Å². The van der Waals surface area contributed by atoms with Gasteiger partial charge >= 0.3 is 0 Å². The number of hydrazone groups is 1. The largest absolute Gasteiger partial charge is 0.494 e. The standard InChI is InChI=1S/C23H25Cl2N5O3S/c1-4-33-19-8-5-16(6-9-19)22-12-18(28-30(22)21-10-7-17(24)11-20(21)25)13-27-34(31,32)23-14-26-15(2)29(23)3/h5-11,14,22,27H,4,12-13H2,1-3H3. The van der Waals surface area contributed by atoms with E-state index in [1.165, 1.54) is 10.8 Å². The molecule has 180 valence electrons. The Balaban J connectivity index is 1.61. The molecule has 1 atom stereocenters. The minimum Gasteiger partial charge on any atom is -0.494 e. The zero-order valence-corrected chi connectivity index (χ0v) is 21.3. The number of rotatable bonds is 8. The van der Waals surface area contributed by atoms with E-state index in [-0.39, 0.29) is 17.6 Å². The van der Waals surface area contributed by atoms with Gasteiger partial charge in [-0.05, 0) is 49.7 Å². The van der Waals surface area contributed by atoms with Crippen LogP contribution in [0.2, 0.25) is 10.0 Å². The summed E-state index contributed by atoms with van der Waals surface area (Å²) in [6.45, 7) is 4.32. The van der Waals surface area contributed by atoms with Crippen LogP contribution in [0.3, 0.4) is 0 Å². The maximum absolute atomic E-state index is 12.8. The Morgan fingerprint density at radius 2 is 1.91 bits per heavy atom. The van der Waals surface area contributed by atoms with Gasteiger partial charge in [0.15, 0.2) is 5.03 Å². The number of aryl methyl sites for hydroxylation is 1. The summed E-state index contributed by atoms with van der Waals surface area (Å²) in [4.78, 5) is 4.07. The van der Waals surface area contributed by atoms with Crippen LogP contribution in [0.4, 0.5) is 5.69 Å². The fraction of sp³-hybridized carbons (Fsp3) is 0.304. The second-order valence-electron chi connectivity index (χ2n) is 7.86. The number of imidazole rings is 1. The molecule has 0 radical (unpaired) electrons. The van der Waals surface area contributed by atoms with Crippen molar-refractivity contribution in [2.75, 3.05) is 18.2 Å². The summed E-state index contributed by atoms with van der Waals surface area (Å²) < 4.78 is 35.4. The van der Waals surface area contributed by atoms with E-state index in [4.69, 9.17) is 33.0 Å². The molecule has 0 amide bonds. The first-order chi connectivity index (χ1) is 16.2. The summed E-state index contributed by atoms with van der Waals surface area (Å²) >= 11 is 12.6. The van der Waals surface area contributed by atoms with Crippen LogP contribution in [0, 0.1) is 6.92 Å². The lowest BCUT2D eigenvalue weighted by molar-refractivity contribution is 0.340. The molecule has 11 heteroatoms. The normalized spacial score (nSPS) is 16.1. The van der Waals surface area contributed by atoms with Crippen molar-refractivity contribution in [3.05, 3.63) is 70.1 Å². The zero-order chi connectivity index (χ0) is 24.5. The third kappa shape index (κ3) is 5.07. The smallest absolute Gasteiger partial charge is 0.258 e. The summed E-state index contributed by atoms with van der Waals surface area (Å²) in [5.41, 5.74) is 2.36. The first-order valence-corrected chi connectivity index (χ1v) is 12.9. The highest BCUT2D eigenvalue weighted by molar-refractivity contribution is 7.89. The lowest BCUT2D eigenvalue weighted by Gasteiger charge is -2.25. The fourth-order valence-electron chi connectivity index (χ4n) is 3.76. The van der Waals surface area contributed by atoms with Crippen molar-refractivity contribution in [3.8, 4) is 5.75 Å². The number of sulfonamides is 1. The van der Waals surface area contributed by atoms with Gasteiger partial charge in [-0.25, -0.2) is 18.1 Å². The second-order valence-corrected chi connectivity index (χ2v) is 10.4. The molecule has 4 rings (SSSR count). The number of anilines is 1. The van der Waals surface area contributed by atoms with Gasteiger partial charge in [0, 0.05) is 18.5 Å². The van der Waals surface area contributed by atoms with Crippen molar-refractivity contribution in [3.63, 3.8) is 0 Å². The van der Waals surface area contributed by atoms with E-state index in [0.717, 1.165) is 11.3 Å².